The Morgan fingerprint density at radius 1 is 0.450 bits per heavy atom. The first-order valence-corrected chi connectivity index (χ1v) is 8.84. The molecule has 2 aliphatic carbocycles. The molecule has 2 fully saturated rings. The zero-order valence-electron chi connectivity index (χ0n) is 12.8. The van der Waals surface area contributed by atoms with E-state index in [0.717, 1.165) is 51.4 Å². The van der Waals surface area contributed by atoms with Crippen molar-refractivity contribution in [3.63, 3.8) is 0 Å². The zero-order valence-corrected chi connectivity index (χ0v) is 12.8. The first-order valence-electron chi connectivity index (χ1n) is 8.84. The van der Waals surface area contributed by atoms with E-state index in [9.17, 15) is 8.78 Å². The van der Waals surface area contributed by atoms with E-state index in [2.05, 4.69) is 0 Å². The molecule has 0 aliphatic heterocycles. The third-order valence-electron chi connectivity index (χ3n) is 5.16. The fraction of sp³-hybridized carbons (Fsp3) is 0.889. The Kier molecular flexibility index (Phi) is 7.02. The highest BCUT2D eigenvalue weighted by Gasteiger charge is 2.25. The van der Waals surface area contributed by atoms with Crippen molar-refractivity contribution in [1.29, 1.82) is 0 Å². The lowest BCUT2D eigenvalue weighted by molar-refractivity contribution is 0.305. The molecule has 0 aromatic carbocycles. The monoisotopic (exact) mass is 284 g/mol. The lowest BCUT2D eigenvalue weighted by atomic mass is 9.85. The van der Waals surface area contributed by atoms with Crippen LogP contribution in [0.1, 0.15) is 89.9 Å². The van der Waals surface area contributed by atoms with Crippen LogP contribution in [0.3, 0.4) is 0 Å². The van der Waals surface area contributed by atoms with Crippen molar-refractivity contribution < 1.29 is 8.78 Å². The van der Waals surface area contributed by atoms with Crippen molar-refractivity contribution in [2.24, 2.45) is 11.8 Å². The van der Waals surface area contributed by atoms with Gasteiger partial charge >= 0.3 is 0 Å². The maximum atomic E-state index is 14.5. The van der Waals surface area contributed by atoms with E-state index in [-0.39, 0.29) is 23.5 Å². The summed E-state index contributed by atoms with van der Waals surface area (Å²) in [5, 5.41) is 0. The molecule has 20 heavy (non-hydrogen) atoms. The van der Waals surface area contributed by atoms with Gasteiger partial charge in [-0.05, 0) is 25.7 Å². The highest BCUT2D eigenvalue weighted by molar-refractivity contribution is 5.08. The number of halogens is 2. The predicted octanol–water partition coefficient (Wildman–Crippen LogP) is 6.86. The Balaban J connectivity index is 1.98. The molecule has 0 radical (unpaired) electrons. The average molecular weight is 284 g/mol. The van der Waals surface area contributed by atoms with Crippen LogP contribution in [0.4, 0.5) is 8.78 Å². The molecular weight excluding hydrogens is 254 g/mol. The highest BCUT2D eigenvalue weighted by atomic mass is 19.2. The van der Waals surface area contributed by atoms with Gasteiger partial charge < -0.3 is 0 Å². The van der Waals surface area contributed by atoms with Crippen molar-refractivity contribution in [3.8, 4) is 0 Å². The maximum absolute atomic E-state index is 14.5. The van der Waals surface area contributed by atoms with Gasteiger partial charge in [0.15, 0.2) is 0 Å². The molecule has 0 aromatic rings. The molecule has 0 saturated heterocycles. The summed E-state index contributed by atoms with van der Waals surface area (Å²) in [5.74, 6) is -1.00. The summed E-state index contributed by atoms with van der Waals surface area (Å²) < 4.78 is 29.0. The van der Waals surface area contributed by atoms with Crippen LogP contribution in [-0.2, 0) is 0 Å². The van der Waals surface area contributed by atoms with E-state index < -0.39 is 0 Å². The Morgan fingerprint density at radius 3 is 1.00 bits per heavy atom. The quantitative estimate of drug-likeness (QED) is 0.519. The number of allylic oxidation sites excluding steroid dienone is 2. The number of hydrogen-bond donors (Lipinski definition) is 0. The van der Waals surface area contributed by atoms with Gasteiger partial charge in [0.1, 0.15) is 11.7 Å². The van der Waals surface area contributed by atoms with Crippen molar-refractivity contribution in [2.75, 3.05) is 0 Å². The van der Waals surface area contributed by atoms with E-state index >= 15 is 0 Å². The van der Waals surface area contributed by atoms with Crippen LogP contribution in [0.5, 0.6) is 0 Å². The molecule has 2 rings (SSSR count). The van der Waals surface area contributed by atoms with Gasteiger partial charge in [0, 0.05) is 11.8 Å². The standard InChI is InChI=1S/C18H30F2/c19-17(15-11-7-3-1-4-8-12-15)18(20)16-13-9-5-2-6-10-14-16/h15-16H,1-14H2/b18-17-. The van der Waals surface area contributed by atoms with Crippen LogP contribution in [0.25, 0.3) is 0 Å². The molecule has 2 aliphatic rings. The minimum Gasteiger partial charge on any atom is -0.209 e. The highest BCUT2D eigenvalue weighted by Crippen LogP contribution is 2.37. The summed E-state index contributed by atoms with van der Waals surface area (Å²) in [4.78, 5) is 0. The fourth-order valence-electron chi connectivity index (χ4n) is 3.81. The van der Waals surface area contributed by atoms with Crippen molar-refractivity contribution >= 4 is 0 Å². The summed E-state index contributed by atoms with van der Waals surface area (Å²) in [6.07, 6.45) is 15.0. The van der Waals surface area contributed by atoms with Gasteiger partial charge in [0.05, 0.1) is 0 Å². The molecule has 0 bridgehead atoms. The molecule has 0 atom stereocenters. The van der Waals surface area contributed by atoms with E-state index in [1.807, 2.05) is 0 Å². The Labute approximate surface area is 123 Å². The Morgan fingerprint density at radius 2 is 0.700 bits per heavy atom. The number of hydrogen-bond acceptors (Lipinski definition) is 0. The molecule has 2 saturated carbocycles. The summed E-state index contributed by atoms with van der Waals surface area (Å²) in [5.41, 5.74) is 0. The molecule has 0 nitrogen and oxygen atoms in total. The van der Waals surface area contributed by atoms with Crippen molar-refractivity contribution in [2.45, 2.75) is 89.9 Å². The Bertz CT molecular complexity index is 263. The smallest absolute Gasteiger partial charge is 0.135 e. The van der Waals surface area contributed by atoms with E-state index in [1.165, 1.54) is 38.5 Å². The van der Waals surface area contributed by atoms with Crippen LogP contribution in [0, 0.1) is 11.8 Å². The number of rotatable bonds is 2. The zero-order chi connectivity index (χ0) is 14.2. The molecule has 0 spiro atoms. The summed E-state index contributed by atoms with van der Waals surface area (Å²) in [7, 11) is 0. The van der Waals surface area contributed by atoms with Crippen LogP contribution in [0.15, 0.2) is 11.7 Å². The second-order valence-corrected chi connectivity index (χ2v) is 6.78. The minimum absolute atomic E-state index is 0.124. The fourth-order valence-corrected chi connectivity index (χ4v) is 3.81. The second-order valence-electron chi connectivity index (χ2n) is 6.78. The molecule has 2 heteroatoms. The van der Waals surface area contributed by atoms with Crippen LogP contribution in [-0.4, -0.2) is 0 Å². The van der Waals surface area contributed by atoms with Crippen LogP contribution >= 0.6 is 0 Å². The van der Waals surface area contributed by atoms with Crippen molar-refractivity contribution in [3.05, 3.63) is 11.7 Å². The van der Waals surface area contributed by atoms with Gasteiger partial charge in [0.2, 0.25) is 0 Å². The molecule has 0 N–H and O–H groups in total. The molecule has 0 heterocycles. The first kappa shape index (κ1) is 16.0. The molecule has 0 amide bonds. The third-order valence-corrected chi connectivity index (χ3v) is 5.16. The Hall–Kier alpha value is -0.400. The summed E-state index contributed by atoms with van der Waals surface area (Å²) >= 11 is 0. The second kappa shape index (κ2) is 8.79. The molecule has 116 valence electrons. The molecule has 0 aromatic heterocycles. The average Bonchev–Trinajstić information content (AvgIpc) is 2.36. The van der Waals surface area contributed by atoms with E-state index in [0.29, 0.717) is 0 Å². The van der Waals surface area contributed by atoms with Gasteiger partial charge in [-0.15, -0.1) is 0 Å². The summed E-state index contributed by atoms with van der Waals surface area (Å²) in [6.45, 7) is 0. The van der Waals surface area contributed by atoms with Gasteiger partial charge in [-0.3, -0.25) is 0 Å². The SMILES string of the molecule is F/C(=C(\F)C1CCCCCCC1)C1CCCCCCC1. The van der Waals surface area contributed by atoms with Crippen LogP contribution in [0.2, 0.25) is 0 Å². The van der Waals surface area contributed by atoms with Gasteiger partial charge in [-0.25, -0.2) is 8.78 Å². The van der Waals surface area contributed by atoms with Gasteiger partial charge in [-0.1, -0.05) is 64.2 Å². The lowest BCUT2D eigenvalue weighted by Gasteiger charge is -2.22. The van der Waals surface area contributed by atoms with Crippen molar-refractivity contribution in [1.82, 2.24) is 0 Å². The molecule has 0 unspecified atom stereocenters. The first-order chi connectivity index (χ1) is 9.79. The van der Waals surface area contributed by atoms with E-state index in [1.54, 1.807) is 0 Å². The normalized spacial score (nSPS) is 26.1. The van der Waals surface area contributed by atoms with Crippen LogP contribution < -0.4 is 0 Å². The third kappa shape index (κ3) is 4.86. The lowest BCUT2D eigenvalue weighted by Crippen LogP contribution is -2.11. The largest absolute Gasteiger partial charge is 0.209 e. The molecular formula is C18H30F2. The van der Waals surface area contributed by atoms with Gasteiger partial charge in [0.25, 0.3) is 0 Å². The van der Waals surface area contributed by atoms with E-state index in [4.69, 9.17) is 0 Å². The van der Waals surface area contributed by atoms with Gasteiger partial charge in [-0.2, -0.15) is 0 Å². The summed E-state index contributed by atoms with van der Waals surface area (Å²) in [6, 6.07) is 0. The minimum atomic E-state index is -0.377. The topological polar surface area (TPSA) is 0 Å². The maximum Gasteiger partial charge on any atom is 0.135 e. The predicted molar refractivity (Wildman–Crippen MR) is 80.9 cm³/mol.